The largest absolute Gasteiger partial charge is 0.355 e. The Morgan fingerprint density at radius 1 is 1.26 bits per heavy atom. The molecule has 0 radical (unpaired) electrons. The van der Waals surface area contributed by atoms with Crippen LogP contribution < -0.4 is 10.9 Å². The quantitative estimate of drug-likeness (QED) is 0.818. The van der Waals surface area contributed by atoms with Crippen LogP contribution in [0.1, 0.15) is 0 Å². The molecule has 1 aromatic carbocycles. The van der Waals surface area contributed by atoms with Gasteiger partial charge in [-0.05, 0) is 12.1 Å². The third-order valence-electron chi connectivity index (χ3n) is 4.71. The fraction of sp³-hybridized carbons (Fsp3) is 0.375. The molecule has 7 nitrogen and oxygen atoms in total. The Hall–Kier alpha value is -2.70. The van der Waals surface area contributed by atoms with Crippen LogP contribution in [0, 0.1) is 11.8 Å². The Morgan fingerprint density at radius 3 is 2.91 bits per heavy atom. The highest BCUT2D eigenvalue weighted by molar-refractivity contribution is 5.84. The molecule has 0 spiro atoms. The molecule has 1 aromatic heterocycles. The first-order chi connectivity index (χ1) is 11.1. The molecule has 0 unspecified atom stereocenters. The van der Waals surface area contributed by atoms with Gasteiger partial charge < -0.3 is 10.2 Å². The summed E-state index contributed by atoms with van der Waals surface area (Å²) < 4.78 is 1.33. The average molecular weight is 312 g/mol. The van der Waals surface area contributed by atoms with E-state index in [0.717, 1.165) is 0 Å². The van der Waals surface area contributed by atoms with Gasteiger partial charge in [-0.3, -0.25) is 19.0 Å². The number of rotatable bonds is 2. The number of hydrogen-bond donors (Lipinski definition) is 1. The lowest BCUT2D eigenvalue weighted by atomic mass is 10.0. The van der Waals surface area contributed by atoms with Gasteiger partial charge in [-0.2, -0.15) is 0 Å². The van der Waals surface area contributed by atoms with E-state index >= 15 is 0 Å². The third-order valence-corrected chi connectivity index (χ3v) is 4.71. The molecule has 4 rings (SSSR count). The zero-order chi connectivity index (χ0) is 16.0. The summed E-state index contributed by atoms with van der Waals surface area (Å²) in [6.45, 7) is 1.59. The summed E-state index contributed by atoms with van der Waals surface area (Å²) in [6, 6.07) is 7.07. The number of fused-ring (bicyclic) bond motifs is 2. The summed E-state index contributed by atoms with van der Waals surface area (Å²) in [4.78, 5) is 42.4. The van der Waals surface area contributed by atoms with Gasteiger partial charge in [-0.1, -0.05) is 12.1 Å². The van der Waals surface area contributed by atoms with Gasteiger partial charge >= 0.3 is 0 Å². The minimum absolute atomic E-state index is 0.0230. The number of hydrogen-bond acceptors (Lipinski definition) is 4. The van der Waals surface area contributed by atoms with Crippen LogP contribution in [0.3, 0.4) is 0 Å². The van der Waals surface area contributed by atoms with Gasteiger partial charge in [-0.25, -0.2) is 4.98 Å². The molecule has 0 saturated carbocycles. The van der Waals surface area contributed by atoms with E-state index < -0.39 is 0 Å². The van der Waals surface area contributed by atoms with Crippen molar-refractivity contribution in [1.82, 2.24) is 19.8 Å². The predicted octanol–water partition coefficient (Wildman–Crippen LogP) is -0.399. The van der Waals surface area contributed by atoms with Crippen LogP contribution >= 0.6 is 0 Å². The molecule has 1 N–H and O–H groups in total. The highest BCUT2D eigenvalue weighted by atomic mass is 16.2. The molecule has 0 aliphatic carbocycles. The monoisotopic (exact) mass is 312 g/mol. The molecule has 2 aromatic rings. The van der Waals surface area contributed by atoms with E-state index in [2.05, 4.69) is 10.3 Å². The van der Waals surface area contributed by atoms with E-state index in [0.29, 0.717) is 30.5 Å². The van der Waals surface area contributed by atoms with Crippen LogP contribution in [0.5, 0.6) is 0 Å². The van der Waals surface area contributed by atoms with Gasteiger partial charge in [0.2, 0.25) is 11.8 Å². The Bertz CT molecular complexity index is 860. The summed E-state index contributed by atoms with van der Waals surface area (Å²) in [5.74, 6) is -0.0375. The second-order valence-corrected chi connectivity index (χ2v) is 6.11. The number of nitrogens with zero attached hydrogens (tertiary/aromatic N) is 3. The van der Waals surface area contributed by atoms with Crippen molar-refractivity contribution < 1.29 is 9.59 Å². The van der Waals surface area contributed by atoms with Crippen LogP contribution in [0.15, 0.2) is 35.4 Å². The van der Waals surface area contributed by atoms with E-state index in [1.165, 1.54) is 10.9 Å². The molecule has 2 saturated heterocycles. The molecule has 118 valence electrons. The number of amides is 2. The molecular weight excluding hydrogens is 296 g/mol. The standard InChI is InChI=1S/C16H16N4O3/c21-14(19-6-10-5-17-15(22)12(10)7-19)8-20-9-18-13-4-2-1-3-11(13)16(20)23/h1-4,9-10,12H,5-8H2,(H,17,22)/t10-,12+/m0/s1. The van der Waals surface area contributed by atoms with Crippen molar-refractivity contribution in [2.45, 2.75) is 6.54 Å². The van der Waals surface area contributed by atoms with Crippen molar-refractivity contribution in [3.8, 4) is 0 Å². The molecule has 23 heavy (non-hydrogen) atoms. The number of benzene rings is 1. The molecule has 3 heterocycles. The van der Waals surface area contributed by atoms with Gasteiger partial charge in [0.15, 0.2) is 0 Å². The molecule has 7 heteroatoms. The van der Waals surface area contributed by atoms with E-state index in [1.54, 1.807) is 23.1 Å². The van der Waals surface area contributed by atoms with Crippen molar-refractivity contribution in [2.75, 3.05) is 19.6 Å². The summed E-state index contributed by atoms with van der Waals surface area (Å²) in [5, 5.41) is 3.32. The topological polar surface area (TPSA) is 84.3 Å². The number of aromatic nitrogens is 2. The minimum atomic E-state index is -0.221. The first-order valence-corrected chi connectivity index (χ1v) is 7.63. The maximum absolute atomic E-state index is 12.4. The van der Waals surface area contributed by atoms with Crippen LogP contribution in [-0.2, 0) is 16.1 Å². The molecule has 2 aliphatic heterocycles. The average Bonchev–Trinajstić information content (AvgIpc) is 3.13. The third kappa shape index (κ3) is 2.28. The Balaban J connectivity index is 1.55. The maximum atomic E-state index is 12.4. The van der Waals surface area contributed by atoms with E-state index in [9.17, 15) is 14.4 Å². The highest BCUT2D eigenvalue weighted by Crippen LogP contribution is 2.27. The molecule has 2 amide bonds. The normalized spacial score (nSPS) is 23.1. The number of carbonyl (C=O) groups excluding carboxylic acids is 2. The fourth-order valence-electron chi connectivity index (χ4n) is 3.41. The van der Waals surface area contributed by atoms with Gasteiger partial charge in [0.25, 0.3) is 5.56 Å². The first-order valence-electron chi connectivity index (χ1n) is 7.63. The van der Waals surface area contributed by atoms with E-state index in [-0.39, 0.29) is 35.8 Å². The second kappa shape index (κ2) is 5.19. The van der Waals surface area contributed by atoms with Crippen LogP contribution in [0.2, 0.25) is 0 Å². The Morgan fingerprint density at radius 2 is 2.09 bits per heavy atom. The van der Waals surface area contributed by atoms with Gasteiger partial charge in [-0.15, -0.1) is 0 Å². The van der Waals surface area contributed by atoms with Crippen molar-refractivity contribution in [2.24, 2.45) is 11.8 Å². The SMILES string of the molecule is O=C1NC[C@H]2CN(C(=O)Cn3cnc4ccccc4c3=O)C[C@@H]12. The lowest BCUT2D eigenvalue weighted by molar-refractivity contribution is -0.131. The van der Waals surface area contributed by atoms with Gasteiger partial charge in [0.1, 0.15) is 6.54 Å². The maximum Gasteiger partial charge on any atom is 0.261 e. The zero-order valence-corrected chi connectivity index (χ0v) is 12.4. The van der Waals surface area contributed by atoms with Crippen LogP contribution in [-0.4, -0.2) is 45.9 Å². The van der Waals surface area contributed by atoms with Crippen molar-refractivity contribution in [3.05, 3.63) is 40.9 Å². The number of carbonyl (C=O) groups is 2. The van der Waals surface area contributed by atoms with Crippen molar-refractivity contribution in [3.63, 3.8) is 0 Å². The number of nitrogens with one attached hydrogen (secondary N) is 1. The van der Waals surface area contributed by atoms with Gasteiger partial charge in [0.05, 0.1) is 23.1 Å². The summed E-state index contributed by atoms with van der Waals surface area (Å²) in [5.41, 5.74) is 0.398. The fourth-order valence-corrected chi connectivity index (χ4v) is 3.41. The van der Waals surface area contributed by atoms with Crippen molar-refractivity contribution >= 4 is 22.7 Å². The predicted molar refractivity (Wildman–Crippen MR) is 82.6 cm³/mol. The van der Waals surface area contributed by atoms with E-state index in [1.807, 2.05) is 6.07 Å². The summed E-state index contributed by atoms with van der Waals surface area (Å²) in [6.07, 6.45) is 1.41. The lowest BCUT2D eigenvalue weighted by Crippen LogP contribution is -2.37. The number of likely N-dealkylation sites (tertiary alicyclic amines) is 1. The van der Waals surface area contributed by atoms with Gasteiger partial charge in [0, 0.05) is 25.6 Å². The zero-order valence-electron chi connectivity index (χ0n) is 12.4. The summed E-state index contributed by atoms with van der Waals surface area (Å²) >= 11 is 0. The summed E-state index contributed by atoms with van der Waals surface area (Å²) in [7, 11) is 0. The molecular formula is C16H16N4O3. The first kappa shape index (κ1) is 13.9. The Labute approximate surface area is 131 Å². The molecule has 2 aliphatic rings. The van der Waals surface area contributed by atoms with Crippen molar-refractivity contribution in [1.29, 1.82) is 0 Å². The van der Waals surface area contributed by atoms with E-state index in [4.69, 9.17) is 0 Å². The molecule has 0 bridgehead atoms. The Kier molecular flexibility index (Phi) is 3.14. The van der Waals surface area contributed by atoms with Crippen LogP contribution in [0.25, 0.3) is 10.9 Å². The second-order valence-electron chi connectivity index (χ2n) is 6.11. The minimum Gasteiger partial charge on any atom is -0.355 e. The lowest BCUT2D eigenvalue weighted by Gasteiger charge is -2.18. The van der Waals surface area contributed by atoms with Crippen LogP contribution in [0.4, 0.5) is 0 Å². The molecule has 2 fully saturated rings. The highest BCUT2D eigenvalue weighted by Gasteiger charge is 2.43. The number of para-hydroxylation sites is 1. The smallest absolute Gasteiger partial charge is 0.261 e. The molecule has 2 atom stereocenters.